The monoisotopic (exact) mass is 330 g/mol. The molecule has 0 aliphatic rings. The molecule has 0 N–H and O–H groups in total. The Balaban J connectivity index is 2.13. The number of hydrogen-bond donors (Lipinski definition) is 0. The van der Waals surface area contributed by atoms with Gasteiger partial charge in [-0.2, -0.15) is 0 Å². The summed E-state index contributed by atoms with van der Waals surface area (Å²) in [5.41, 5.74) is 1.59. The van der Waals surface area contributed by atoms with Crippen molar-refractivity contribution in [2.24, 2.45) is 0 Å². The second-order valence-corrected chi connectivity index (χ2v) is 5.98. The third-order valence-corrected chi connectivity index (χ3v) is 4.33. The van der Waals surface area contributed by atoms with E-state index in [9.17, 15) is 4.79 Å². The molecule has 0 aromatic heterocycles. The number of carbonyl (C=O) groups excluding carboxylic acids is 1. The van der Waals surface area contributed by atoms with Gasteiger partial charge in [-0.05, 0) is 18.1 Å². The number of ketones is 1. The first-order chi connectivity index (χ1) is 12.3. The zero-order valence-corrected chi connectivity index (χ0v) is 14.4. The van der Waals surface area contributed by atoms with Crippen molar-refractivity contribution in [3.63, 3.8) is 0 Å². The third kappa shape index (κ3) is 3.70. The van der Waals surface area contributed by atoms with Crippen molar-refractivity contribution in [1.82, 2.24) is 0 Å². The minimum Gasteiger partial charge on any atom is -0.362 e. The fourth-order valence-electron chi connectivity index (χ4n) is 3.17. The molecular weight excluding hydrogens is 308 g/mol. The third-order valence-electron chi connectivity index (χ3n) is 4.33. The Morgan fingerprint density at radius 3 is 1.88 bits per heavy atom. The first-order valence-corrected chi connectivity index (χ1v) is 8.59. The second-order valence-electron chi connectivity index (χ2n) is 5.98. The average molecular weight is 330 g/mol. The van der Waals surface area contributed by atoms with Crippen LogP contribution in [0.25, 0.3) is 0 Å². The van der Waals surface area contributed by atoms with Crippen molar-refractivity contribution < 1.29 is 9.53 Å². The van der Waals surface area contributed by atoms with Crippen molar-refractivity contribution in [2.45, 2.75) is 18.9 Å². The highest BCUT2D eigenvalue weighted by atomic mass is 16.5. The van der Waals surface area contributed by atoms with Gasteiger partial charge in [0, 0.05) is 18.6 Å². The fourth-order valence-corrected chi connectivity index (χ4v) is 3.17. The minimum atomic E-state index is -1.03. The normalized spacial score (nSPS) is 13.2. The number of hydrogen-bond acceptors (Lipinski definition) is 2. The molecule has 0 aliphatic heterocycles. The molecule has 0 heterocycles. The molecule has 2 nitrogen and oxygen atoms in total. The molecule has 0 saturated carbocycles. The summed E-state index contributed by atoms with van der Waals surface area (Å²) < 4.78 is 6.19. The van der Waals surface area contributed by atoms with Gasteiger partial charge in [-0.3, -0.25) is 4.79 Å². The van der Waals surface area contributed by atoms with Crippen molar-refractivity contribution in [3.05, 3.63) is 108 Å². The highest BCUT2D eigenvalue weighted by molar-refractivity contribution is 6.03. The SMILES string of the molecule is CCOC(Cc1ccccc1)(C(=O)c1ccccc1)c1ccccc1. The van der Waals surface area contributed by atoms with E-state index in [2.05, 4.69) is 0 Å². The Labute approximate surface area is 149 Å². The number of carbonyl (C=O) groups is 1. The van der Waals surface area contributed by atoms with Crippen molar-refractivity contribution in [1.29, 1.82) is 0 Å². The topological polar surface area (TPSA) is 26.3 Å². The molecule has 25 heavy (non-hydrogen) atoms. The largest absolute Gasteiger partial charge is 0.362 e. The van der Waals surface area contributed by atoms with Crippen molar-refractivity contribution in [3.8, 4) is 0 Å². The lowest BCUT2D eigenvalue weighted by Crippen LogP contribution is -2.41. The van der Waals surface area contributed by atoms with Crippen LogP contribution in [-0.4, -0.2) is 12.4 Å². The zero-order valence-electron chi connectivity index (χ0n) is 14.4. The molecule has 0 spiro atoms. The van der Waals surface area contributed by atoms with Crippen LogP contribution in [0.15, 0.2) is 91.0 Å². The summed E-state index contributed by atoms with van der Waals surface area (Å²) in [5, 5.41) is 0. The summed E-state index contributed by atoms with van der Waals surface area (Å²) in [6, 6.07) is 29.2. The summed E-state index contributed by atoms with van der Waals surface area (Å²) in [6.07, 6.45) is 0.499. The van der Waals surface area contributed by atoms with E-state index in [-0.39, 0.29) is 5.78 Å². The molecule has 0 fully saturated rings. The summed E-state index contributed by atoms with van der Waals surface area (Å²) in [4.78, 5) is 13.5. The quantitative estimate of drug-likeness (QED) is 0.567. The highest BCUT2D eigenvalue weighted by Gasteiger charge is 2.41. The van der Waals surface area contributed by atoms with Gasteiger partial charge in [-0.15, -0.1) is 0 Å². The Morgan fingerprint density at radius 1 is 0.800 bits per heavy atom. The molecule has 1 unspecified atom stereocenters. The minimum absolute atomic E-state index is 0.00926. The van der Waals surface area contributed by atoms with Gasteiger partial charge >= 0.3 is 0 Å². The first kappa shape index (κ1) is 17.1. The standard InChI is InChI=1S/C23H22O2/c1-2-25-23(21-16-10-5-11-17-21,18-19-12-6-3-7-13-19)22(24)20-14-8-4-9-15-20/h3-17H,2,18H2,1H3. The lowest BCUT2D eigenvalue weighted by molar-refractivity contribution is -0.0240. The van der Waals surface area contributed by atoms with Gasteiger partial charge < -0.3 is 4.74 Å². The smallest absolute Gasteiger partial charge is 0.199 e. The molecule has 3 rings (SSSR count). The van der Waals surface area contributed by atoms with Crippen LogP contribution >= 0.6 is 0 Å². The Morgan fingerprint density at radius 2 is 1.32 bits per heavy atom. The van der Waals surface area contributed by atoms with Crippen molar-refractivity contribution >= 4 is 5.78 Å². The van der Waals surface area contributed by atoms with E-state index in [0.29, 0.717) is 18.6 Å². The van der Waals surface area contributed by atoms with E-state index >= 15 is 0 Å². The molecule has 1 atom stereocenters. The van der Waals surface area contributed by atoms with E-state index in [1.165, 1.54) is 0 Å². The summed E-state index contributed by atoms with van der Waals surface area (Å²) in [6.45, 7) is 2.39. The molecular formula is C23H22O2. The lowest BCUT2D eigenvalue weighted by atomic mass is 9.80. The Bertz CT molecular complexity index is 797. The van der Waals surface area contributed by atoms with E-state index < -0.39 is 5.60 Å². The van der Waals surface area contributed by atoms with Gasteiger partial charge in [0.2, 0.25) is 0 Å². The van der Waals surface area contributed by atoms with Crippen LogP contribution in [0.1, 0.15) is 28.4 Å². The Kier molecular flexibility index (Phi) is 5.42. The van der Waals surface area contributed by atoms with E-state index in [1.54, 1.807) is 0 Å². The van der Waals surface area contributed by atoms with Crippen LogP contribution in [-0.2, 0) is 16.8 Å². The van der Waals surface area contributed by atoms with Gasteiger partial charge in [0.05, 0.1) is 0 Å². The van der Waals surface area contributed by atoms with Crippen LogP contribution in [0.5, 0.6) is 0 Å². The van der Waals surface area contributed by atoms with Gasteiger partial charge in [-0.1, -0.05) is 91.0 Å². The van der Waals surface area contributed by atoms with Crippen LogP contribution < -0.4 is 0 Å². The number of rotatable bonds is 7. The highest BCUT2D eigenvalue weighted by Crippen LogP contribution is 2.34. The fraction of sp³-hybridized carbons (Fsp3) is 0.174. The van der Waals surface area contributed by atoms with Gasteiger partial charge in [0.1, 0.15) is 0 Å². The number of Topliss-reactive ketones (excluding diaryl/α,β-unsaturated/α-hetero) is 1. The van der Waals surface area contributed by atoms with Gasteiger partial charge in [0.15, 0.2) is 11.4 Å². The van der Waals surface area contributed by atoms with Crippen LogP contribution in [0.3, 0.4) is 0 Å². The van der Waals surface area contributed by atoms with Gasteiger partial charge in [0.25, 0.3) is 0 Å². The van der Waals surface area contributed by atoms with E-state index in [0.717, 1.165) is 11.1 Å². The predicted octanol–water partition coefficient (Wildman–Crippen LogP) is 5.04. The van der Waals surface area contributed by atoms with E-state index in [1.807, 2.05) is 97.9 Å². The predicted molar refractivity (Wildman–Crippen MR) is 101 cm³/mol. The maximum Gasteiger partial charge on any atom is 0.199 e. The maximum atomic E-state index is 13.5. The van der Waals surface area contributed by atoms with Gasteiger partial charge in [-0.25, -0.2) is 0 Å². The lowest BCUT2D eigenvalue weighted by Gasteiger charge is -2.33. The van der Waals surface area contributed by atoms with E-state index in [4.69, 9.17) is 4.74 Å². The first-order valence-electron chi connectivity index (χ1n) is 8.59. The number of benzene rings is 3. The van der Waals surface area contributed by atoms with Crippen LogP contribution in [0.4, 0.5) is 0 Å². The molecule has 0 bridgehead atoms. The zero-order chi connectivity index (χ0) is 17.5. The van der Waals surface area contributed by atoms with Crippen LogP contribution in [0, 0.1) is 0 Å². The summed E-state index contributed by atoms with van der Waals surface area (Å²) in [7, 11) is 0. The van der Waals surface area contributed by atoms with Crippen LogP contribution in [0.2, 0.25) is 0 Å². The second kappa shape index (κ2) is 7.91. The maximum absolute atomic E-state index is 13.5. The summed E-state index contributed by atoms with van der Waals surface area (Å²) in [5.74, 6) is -0.00926. The molecule has 0 radical (unpaired) electrons. The molecule has 0 amide bonds. The summed E-state index contributed by atoms with van der Waals surface area (Å²) >= 11 is 0. The number of ether oxygens (including phenoxy) is 1. The molecule has 3 aromatic rings. The molecule has 126 valence electrons. The average Bonchev–Trinajstić information content (AvgIpc) is 2.69. The molecule has 0 aliphatic carbocycles. The molecule has 2 heteroatoms. The molecule has 3 aromatic carbocycles. The Hall–Kier alpha value is -2.71. The van der Waals surface area contributed by atoms with Crippen molar-refractivity contribution in [2.75, 3.05) is 6.61 Å². The molecule has 0 saturated heterocycles.